The van der Waals surface area contributed by atoms with Gasteiger partial charge in [0.1, 0.15) is 4.90 Å². The monoisotopic (exact) mass is 402 g/mol. The summed E-state index contributed by atoms with van der Waals surface area (Å²) in [5, 5.41) is 0.0951. The SMILES string of the molecule is O=C(NNS(=O)(=O)c1cccc(Cl)c1Cl)C12CC3CC(CC(C3)C1)C2. The summed E-state index contributed by atoms with van der Waals surface area (Å²) < 4.78 is 24.9. The lowest BCUT2D eigenvalue weighted by atomic mass is 9.49. The van der Waals surface area contributed by atoms with Gasteiger partial charge in [-0.15, -0.1) is 4.83 Å². The fourth-order valence-corrected chi connectivity index (χ4v) is 6.98. The topological polar surface area (TPSA) is 75.3 Å². The average Bonchev–Trinajstić information content (AvgIpc) is 2.54. The van der Waals surface area contributed by atoms with Crippen LogP contribution in [0.4, 0.5) is 0 Å². The van der Waals surface area contributed by atoms with Crippen LogP contribution in [0.5, 0.6) is 0 Å². The van der Waals surface area contributed by atoms with E-state index in [4.69, 9.17) is 23.2 Å². The minimum absolute atomic E-state index is 0.0549. The van der Waals surface area contributed by atoms with Crippen molar-refractivity contribution in [1.82, 2.24) is 10.3 Å². The molecule has 136 valence electrons. The van der Waals surface area contributed by atoms with E-state index >= 15 is 0 Å². The largest absolute Gasteiger partial charge is 0.277 e. The van der Waals surface area contributed by atoms with E-state index in [0.29, 0.717) is 17.8 Å². The number of hydrogen-bond acceptors (Lipinski definition) is 3. The van der Waals surface area contributed by atoms with Gasteiger partial charge in [-0.25, -0.2) is 8.42 Å². The van der Waals surface area contributed by atoms with Gasteiger partial charge in [0.15, 0.2) is 0 Å². The van der Waals surface area contributed by atoms with Crippen molar-refractivity contribution in [1.29, 1.82) is 0 Å². The molecule has 0 atom stereocenters. The number of rotatable bonds is 4. The van der Waals surface area contributed by atoms with Crippen molar-refractivity contribution in [3.05, 3.63) is 28.2 Å². The fraction of sp³-hybridized carbons (Fsp3) is 0.588. The van der Waals surface area contributed by atoms with Crippen LogP contribution in [0.3, 0.4) is 0 Å². The summed E-state index contributed by atoms with van der Waals surface area (Å²) in [5.74, 6) is 1.61. The predicted molar refractivity (Wildman–Crippen MR) is 95.5 cm³/mol. The molecule has 0 radical (unpaired) electrons. The molecule has 1 aromatic carbocycles. The molecule has 0 unspecified atom stereocenters. The number of nitrogens with one attached hydrogen (secondary N) is 2. The molecule has 25 heavy (non-hydrogen) atoms. The Bertz CT molecular complexity index is 790. The molecule has 8 heteroatoms. The summed E-state index contributed by atoms with van der Waals surface area (Å²) in [7, 11) is -3.98. The van der Waals surface area contributed by atoms with E-state index in [2.05, 4.69) is 10.3 Å². The second kappa shape index (κ2) is 6.12. The Morgan fingerprint density at radius 3 is 2.16 bits per heavy atom. The summed E-state index contributed by atoms with van der Waals surface area (Å²) in [4.78, 5) is 14.9. The zero-order valence-corrected chi connectivity index (χ0v) is 15.9. The Morgan fingerprint density at radius 2 is 1.60 bits per heavy atom. The number of hydrogen-bond donors (Lipinski definition) is 2. The maximum Gasteiger partial charge on any atom is 0.258 e. The maximum atomic E-state index is 12.8. The number of carbonyl (C=O) groups excluding carboxylic acids is 1. The first-order valence-corrected chi connectivity index (χ1v) is 10.8. The molecular weight excluding hydrogens is 383 g/mol. The first-order valence-electron chi connectivity index (χ1n) is 8.55. The number of benzene rings is 1. The highest BCUT2D eigenvalue weighted by Gasteiger charge is 2.54. The van der Waals surface area contributed by atoms with E-state index < -0.39 is 15.4 Å². The Hall–Kier alpha value is -0.820. The second-order valence-electron chi connectivity index (χ2n) is 7.81. The third-order valence-corrected chi connectivity index (χ3v) is 8.25. The summed E-state index contributed by atoms with van der Waals surface area (Å²) >= 11 is 11.9. The Balaban J connectivity index is 1.49. The van der Waals surface area contributed by atoms with E-state index in [9.17, 15) is 13.2 Å². The van der Waals surface area contributed by atoms with Gasteiger partial charge in [0.2, 0.25) is 5.91 Å². The number of halogens is 2. The van der Waals surface area contributed by atoms with Crippen LogP contribution in [0, 0.1) is 23.2 Å². The summed E-state index contributed by atoms with van der Waals surface area (Å²) in [5.41, 5.74) is 2.03. The van der Waals surface area contributed by atoms with Gasteiger partial charge in [0.25, 0.3) is 10.0 Å². The molecule has 0 aromatic heterocycles. The molecule has 5 nitrogen and oxygen atoms in total. The molecule has 1 amide bonds. The Morgan fingerprint density at radius 1 is 1.04 bits per heavy atom. The summed E-state index contributed by atoms with van der Waals surface area (Å²) in [6.07, 6.45) is 6.25. The zero-order valence-electron chi connectivity index (χ0n) is 13.6. The molecule has 0 heterocycles. The highest BCUT2D eigenvalue weighted by Crippen LogP contribution is 2.60. The first kappa shape index (κ1) is 17.6. The quantitative estimate of drug-likeness (QED) is 0.756. The summed E-state index contributed by atoms with van der Waals surface area (Å²) in [6.45, 7) is 0. The van der Waals surface area contributed by atoms with Crippen molar-refractivity contribution >= 4 is 39.1 Å². The lowest BCUT2D eigenvalue weighted by Gasteiger charge is -2.55. The van der Waals surface area contributed by atoms with Crippen molar-refractivity contribution in [2.75, 3.05) is 0 Å². The molecular formula is C17H20Cl2N2O3S. The van der Waals surface area contributed by atoms with Crippen LogP contribution in [0.25, 0.3) is 0 Å². The van der Waals surface area contributed by atoms with Crippen molar-refractivity contribution in [2.45, 2.75) is 43.4 Å². The number of carbonyl (C=O) groups is 1. The van der Waals surface area contributed by atoms with E-state index in [0.717, 1.165) is 19.3 Å². The lowest BCUT2D eigenvalue weighted by molar-refractivity contribution is -0.146. The van der Waals surface area contributed by atoms with Crippen LogP contribution in [-0.2, 0) is 14.8 Å². The smallest absolute Gasteiger partial charge is 0.258 e. The molecule has 2 N–H and O–H groups in total. The third kappa shape index (κ3) is 3.07. The molecule has 0 spiro atoms. The molecule has 4 aliphatic rings. The standard InChI is InChI=1S/C17H20Cl2N2O3S/c18-13-2-1-3-14(15(13)19)25(23,24)21-20-16(22)17-7-10-4-11(8-17)6-12(5-10)9-17/h1-3,10-12,21H,4-9H2,(H,20,22). The molecule has 4 saturated carbocycles. The van der Waals surface area contributed by atoms with E-state index in [-0.39, 0.29) is 20.8 Å². The fourth-order valence-electron chi connectivity index (χ4n) is 5.38. The van der Waals surface area contributed by atoms with Crippen molar-refractivity contribution in [3.8, 4) is 0 Å². The van der Waals surface area contributed by atoms with Crippen molar-refractivity contribution < 1.29 is 13.2 Å². The normalized spacial score (nSPS) is 33.4. The van der Waals surface area contributed by atoms with Gasteiger partial charge in [-0.1, -0.05) is 29.3 Å². The number of hydrazine groups is 1. The molecule has 4 bridgehead atoms. The van der Waals surface area contributed by atoms with E-state index in [1.54, 1.807) is 0 Å². The van der Waals surface area contributed by atoms with Gasteiger partial charge < -0.3 is 0 Å². The van der Waals surface area contributed by atoms with E-state index in [1.807, 2.05) is 0 Å². The highest BCUT2D eigenvalue weighted by molar-refractivity contribution is 7.89. The van der Waals surface area contributed by atoms with Gasteiger partial charge in [0.05, 0.1) is 15.5 Å². The van der Waals surface area contributed by atoms with Gasteiger partial charge in [-0.05, 0) is 68.4 Å². The average molecular weight is 403 g/mol. The Labute approximate surface area is 157 Å². The lowest BCUT2D eigenvalue weighted by Crippen LogP contribution is -2.56. The van der Waals surface area contributed by atoms with E-state index in [1.165, 1.54) is 37.5 Å². The van der Waals surface area contributed by atoms with Gasteiger partial charge >= 0.3 is 0 Å². The molecule has 4 aliphatic carbocycles. The number of amides is 1. The minimum atomic E-state index is -3.98. The minimum Gasteiger partial charge on any atom is -0.277 e. The van der Waals surface area contributed by atoms with Crippen LogP contribution in [0.15, 0.2) is 23.1 Å². The van der Waals surface area contributed by atoms with Crippen LogP contribution in [-0.4, -0.2) is 14.3 Å². The van der Waals surface area contributed by atoms with Crippen molar-refractivity contribution in [2.24, 2.45) is 23.2 Å². The zero-order chi connectivity index (χ0) is 17.8. The molecule has 0 aliphatic heterocycles. The molecule has 0 saturated heterocycles. The van der Waals surface area contributed by atoms with Crippen molar-refractivity contribution in [3.63, 3.8) is 0 Å². The van der Waals surface area contributed by atoms with Crippen LogP contribution in [0.2, 0.25) is 10.0 Å². The van der Waals surface area contributed by atoms with Gasteiger partial charge in [-0.2, -0.15) is 0 Å². The molecule has 5 rings (SSSR count). The van der Waals surface area contributed by atoms with Crippen LogP contribution < -0.4 is 10.3 Å². The highest BCUT2D eigenvalue weighted by atomic mass is 35.5. The third-order valence-electron chi connectivity index (χ3n) is 6.02. The second-order valence-corrected chi connectivity index (χ2v) is 10.2. The molecule has 4 fully saturated rings. The first-order chi connectivity index (χ1) is 11.8. The van der Waals surface area contributed by atoms with Gasteiger partial charge in [0, 0.05) is 0 Å². The van der Waals surface area contributed by atoms with Gasteiger partial charge in [-0.3, -0.25) is 10.2 Å². The molecule has 1 aromatic rings. The Kier molecular flexibility index (Phi) is 4.30. The maximum absolute atomic E-state index is 12.8. The summed E-state index contributed by atoms with van der Waals surface area (Å²) in [6, 6.07) is 4.37. The predicted octanol–water partition coefficient (Wildman–Crippen LogP) is 3.52. The van der Waals surface area contributed by atoms with Crippen LogP contribution >= 0.6 is 23.2 Å². The van der Waals surface area contributed by atoms with Crippen LogP contribution in [0.1, 0.15) is 38.5 Å². The number of sulfonamides is 1.